The zero-order valence-corrected chi connectivity index (χ0v) is 11.2. The van der Waals surface area contributed by atoms with Gasteiger partial charge >= 0.3 is 0 Å². The zero-order chi connectivity index (χ0) is 14.3. The van der Waals surface area contributed by atoms with E-state index in [4.69, 9.17) is 0 Å². The van der Waals surface area contributed by atoms with E-state index in [0.29, 0.717) is 13.0 Å². The van der Waals surface area contributed by atoms with Gasteiger partial charge < -0.3 is 10.6 Å². The fraction of sp³-hybridized carbons (Fsp3) is 0.429. The Morgan fingerprint density at radius 3 is 2.32 bits per heavy atom. The summed E-state index contributed by atoms with van der Waals surface area (Å²) in [6.45, 7) is 4.16. The van der Waals surface area contributed by atoms with E-state index in [1.165, 1.54) is 12.1 Å². The normalized spacial score (nSPS) is 10.3. The molecule has 1 aromatic rings. The van der Waals surface area contributed by atoms with Crippen molar-refractivity contribution >= 4 is 11.8 Å². The standard InChI is InChI=1S/C14H19FN2O2/c1-10(2)7-13(18)17-9-14(19)16-8-11-3-5-12(15)6-4-11/h3-6,10H,7-9H2,1-2H3,(H,16,19)(H,17,18). The first-order valence-electron chi connectivity index (χ1n) is 6.25. The number of hydrogen-bond donors (Lipinski definition) is 2. The number of carbonyl (C=O) groups is 2. The van der Waals surface area contributed by atoms with E-state index < -0.39 is 0 Å². The van der Waals surface area contributed by atoms with Gasteiger partial charge in [0.05, 0.1) is 6.54 Å². The molecular formula is C14H19FN2O2. The maximum Gasteiger partial charge on any atom is 0.239 e. The van der Waals surface area contributed by atoms with Gasteiger partial charge in [0, 0.05) is 13.0 Å². The third-order valence-corrected chi connectivity index (χ3v) is 2.44. The topological polar surface area (TPSA) is 58.2 Å². The van der Waals surface area contributed by atoms with Crippen LogP contribution >= 0.6 is 0 Å². The lowest BCUT2D eigenvalue weighted by atomic mass is 10.1. The fourth-order valence-corrected chi connectivity index (χ4v) is 1.49. The molecule has 104 valence electrons. The Morgan fingerprint density at radius 2 is 1.74 bits per heavy atom. The third kappa shape index (κ3) is 6.55. The van der Waals surface area contributed by atoms with Gasteiger partial charge in [0.1, 0.15) is 5.82 Å². The van der Waals surface area contributed by atoms with Gasteiger partial charge in [0.25, 0.3) is 0 Å². The number of halogens is 1. The molecule has 1 rings (SSSR count). The molecule has 0 spiro atoms. The van der Waals surface area contributed by atoms with E-state index in [1.54, 1.807) is 12.1 Å². The predicted octanol–water partition coefficient (Wildman–Crippen LogP) is 1.60. The molecule has 0 unspecified atom stereocenters. The molecule has 0 aliphatic carbocycles. The Morgan fingerprint density at radius 1 is 1.11 bits per heavy atom. The second-order valence-corrected chi connectivity index (χ2v) is 4.78. The lowest BCUT2D eigenvalue weighted by Gasteiger charge is -2.08. The van der Waals surface area contributed by atoms with Crippen LogP contribution in [0.1, 0.15) is 25.8 Å². The van der Waals surface area contributed by atoms with Crippen LogP contribution in [0, 0.1) is 11.7 Å². The quantitative estimate of drug-likeness (QED) is 0.821. The first-order chi connectivity index (χ1) is 8.97. The number of carbonyl (C=O) groups excluding carboxylic acids is 2. The summed E-state index contributed by atoms with van der Waals surface area (Å²) in [6.07, 6.45) is 0.408. The van der Waals surface area contributed by atoms with Crippen LogP contribution in [0.2, 0.25) is 0 Å². The Hall–Kier alpha value is -1.91. The van der Waals surface area contributed by atoms with Gasteiger partial charge in [-0.2, -0.15) is 0 Å². The van der Waals surface area contributed by atoms with Crippen molar-refractivity contribution in [2.45, 2.75) is 26.8 Å². The highest BCUT2D eigenvalue weighted by Gasteiger charge is 2.07. The van der Waals surface area contributed by atoms with Crippen molar-refractivity contribution in [3.8, 4) is 0 Å². The molecule has 0 aromatic heterocycles. The molecule has 4 nitrogen and oxygen atoms in total. The Balaban J connectivity index is 2.24. The third-order valence-electron chi connectivity index (χ3n) is 2.44. The molecule has 5 heteroatoms. The van der Waals surface area contributed by atoms with E-state index in [2.05, 4.69) is 10.6 Å². The number of benzene rings is 1. The lowest BCUT2D eigenvalue weighted by Crippen LogP contribution is -2.36. The van der Waals surface area contributed by atoms with Gasteiger partial charge in [-0.05, 0) is 23.6 Å². The van der Waals surface area contributed by atoms with Crippen molar-refractivity contribution in [2.24, 2.45) is 5.92 Å². The molecular weight excluding hydrogens is 247 g/mol. The fourth-order valence-electron chi connectivity index (χ4n) is 1.49. The molecule has 0 fully saturated rings. The number of hydrogen-bond acceptors (Lipinski definition) is 2. The van der Waals surface area contributed by atoms with Gasteiger partial charge in [0.15, 0.2) is 0 Å². The summed E-state index contributed by atoms with van der Waals surface area (Å²) in [5.41, 5.74) is 0.809. The summed E-state index contributed by atoms with van der Waals surface area (Å²) < 4.78 is 12.7. The van der Waals surface area contributed by atoms with E-state index in [0.717, 1.165) is 5.56 Å². The summed E-state index contributed by atoms with van der Waals surface area (Å²) in [7, 11) is 0. The number of amides is 2. The molecule has 0 aliphatic heterocycles. The average Bonchev–Trinajstić information content (AvgIpc) is 2.35. The van der Waals surface area contributed by atoms with Gasteiger partial charge in [-0.1, -0.05) is 26.0 Å². The highest BCUT2D eigenvalue weighted by molar-refractivity contribution is 5.84. The van der Waals surface area contributed by atoms with Crippen LogP contribution in [-0.4, -0.2) is 18.4 Å². The van der Waals surface area contributed by atoms with Gasteiger partial charge in [0.2, 0.25) is 11.8 Å². The molecule has 0 bridgehead atoms. The van der Waals surface area contributed by atoms with E-state index in [-0.39, 0.29) is 30.1 Å². The monoisotopic (exact) mass is 266 g/mol. The van der Waals surface area contributed by atoms with Gasteiger partial charge in [-0.3, -0.25) is 9.59 Å². The van der Waals surface area contributed by atoms with E-state index in [1.807, 2.05) is 13.8 Å². The minimum absolute atomic E-state index is 0.0350. The van der Waals surface area contributed by atoms with Crippen molar-refractivity contribution in [2.75, 3.05) is 6.54 Å². The summed E-state index contributed by atoms with van der Waals surface area (Å²) in [4.78, 5) is 22.8. The first kappa shape index (κ1) is 15.1. The maximum atomic E-state index is 12.7. The highest BCUT2D eigenvalue weighted by Crippen LogP contribution is 2.01. The van der Waals surface area contributed by atoms with Crippen LogP contribution in [-0.2, 0) is 16.1 Å². The molecule has 0 atom stereocenters. The zero-order valence-electron chi connectivity index (χ0n) is 11.2. The second kappa shape index (κ2) is 7.51. The Bertz CT molecular complexity index is 430. The lowest BCUT2D eigenvalue weighted by molar-refractivity contribution is -0.126. The maximum absolute atomic E-state index is 12.7. The van der Waals surface area contributed by atoms with E-state index in [9.17, 15) is 14.0 Å². The van der Waals surface area contributed by atoms with Crippen LogP contribution in [0.4, 0.5) is 4.39 Å². The van der Waals surface area contributed by atoms with Crippen molar-refractivity contribution < 1.29 is 14.0 Å². The van der Waals surface area contributed by atoms with E-state index >= 15 is 0 Å². The molecule has 2 N–H and O–H groups in total. The van der Waals surface area contributed by atoms with Crippen molar-refractivity contribution in [1.82, 2.24) is 10.6 Å². The molecule has 0 aliphatic rings. The summed E-state index contributed by atoms with van der Waals surface area (Å²) in [5.74, 6) is -0.438. The largest absolute Gasteiger partial charge is 0.350 e. The summed E-state index contributed by atoms with van der Waals surface area (Å²) in [5, 5.41) is 5.20. The minimum Gasteiger partial charge on any atom is -0.350 e. The van der Waals surface area contributed by atoms with Gasteiger partial charge in [-0.25, -0.2) is 4.39 Å². The van der Waals surface area contributed by atoms with Crippen LogP contribution in [0.15, 0.2) is 24.3 Å². The average molecular weight is 266 g/mol. The molecule has 1 aromatic carbocycles. The minimum atomic E-state index is -0.309. The smallest absolute Gasteiger partial charge is 0.239 e. The van der Waals surface area contributed by atoms with Crippen molar-refractivity contribution in [1.29, 1.82) is 0 Å². The van der Waals surface area contributed by atoms with Crippen LogP contribution in [0.5, 0.6) is 0 Å². The molecule has 0 saturated heterocycles. The Kier molecular flexibility index (Phi) is 5.99. The SMILES string of the molecule is CC(C)CC(=O)NCC(=O)NCc1ccc(F)cc1. The number of nitrogens with one attached hydrogen (secondary N) is 2. The first-order valence-corrected chi connectivity index (χ1v) is 6.25. The second-order valence-electron chi connectivity index (χ2n) is 4.78. The highest BCUT2D eigenvalue weighted by atomic mass is 19.1. The number of rotatable bonds is 6. The summed E-state index contributed by atoms with van der Waals surface area (Å²) in [6, 6.07) is 5.89. The predicted molar refractivity (Wildman–Crippen MR) is 70.7 cm³/mol. The van der Waals surface area contributed by atoms with Crippen LogP contribution in [0.25, 0.3) is 0 Å². The van der Waals surface area contributed by atoms with Crippen molar-refractivity contribution in [3.63, 3.8) is 0 Å². The van der Waals surface area contributed by atoms with Gasteiger partial charge in [-0.15, -0.1) is 0 Å². The molecule has 0 radical (unpaired) electrons. The Labute approximate surface area is 112 Å². The molecule has 0 saturated carbocycles. The molecule has 19 heavy (non-hydrogen) atoms. The van der Waals surface area contributed by atoms with Crippen molar-refractivity contribution in [3.05, 3.63) is 35.6 Å². The van der Waals surface area contributed by atoms with Crippen LogP contribution < -0.4 is 10.6 Å². The van der Waals surface area contributed by atoms with Crippen LogP contribution in [0.3, 0.4) is 0 Å². The molecule has 0 heterocycles. The summed E-state index contributed by atoms with van der Waals surface area (Å²) >= 11 is 0. The molecule has 2 amide bonds.